The van der Waals surface area contributed by atoms with E-state index in [1.807, 2.05) is 6.07 Å². The van der Waals surface area contributed by atoms with Gasteiger partial charge in [0, 0.05) is 6.07 Å². The molecule has 0 bridgehead atoms. The molecule has 2 N–H and O–H groups in total. The molecule has 1 rings (SSSR count). The number of nitriles is 1. The van der Waals surface area contributed by atoms with Crippen LogP contribution in [0.2, 0.25) is 0 Å². The molecule has 0 saturated carbocycles. The number of nitrogens with zero attached hydrogens (tertiary/aromatic N) is 2. The lowest BCUT2D eigenvalue weighted by atomic mass is 10.3. The number of pyridine rings is 1. The molecule has 4 heteroatoms. The smallest absolute Gasteiger partial charge is 0.223 e. The molecule has 0 radical (unpaired) electrons. The highest BCUT2D eigenvalue weighted by Crippen LogP contribution is 1.90. The summed E-state index contributed by atoms with van der Waals surface area (Å²) in [4.78, 5) is 10.5. The Bertz CT molecular complexity index is 354. The lowest BCUT2D eigenvalue weighted by Gasteiger charge is -1.93. The number of carbonyl (C=O) groups is 1. The Hall–Kier alpha value is -1.89. The van der Waals surface area contributed by atoms with E-state index < -0.39 is 0 Å². The first-order chi connectivity index (χ1) is 6.22. The van der Waals surface area contributed by atoms with Gasteiger partial charge in [-0.25, -0.2) is 4.57 Å². The van der Waals surface area contributed by atoms with Crippen molar-refractivity contribution < 1.29 is 9.36 Å². The Morgan fingerprint density at radius 3 is 3.08 bits per heavy atom. The molecule has 0 fully saturated rings. The summed E-state index contributed by atoms with van der Waals surface area (Å²) in [5, 5.41) is 8.58. The van der Waals surface area contributed by atoms with Gasteiger partial charge < -0.3 is 5.73 Å². The van der Waals surface area contributed by atoms with Crippen molar-refractivity contribution in [2.24, 2.45) is 5.73 Å². The van der Waals surface area contributed by atoms with E-state index in [1.165, 1.54) is 0 Å². The zero-order valence-electron chi connectivity index (χ0n) is 7.10. The molecule has 0 unspecified atom stereocenters. The van der Waals surface area contributed by atoms with E-state index >= 15 is 0 Å². The molecular formula is C9H10N3O+. The third-order valence-corrected chi connectivity index (χ3v) is 1.60. The second-order valence-electron chi connectivity index (χ2n) is 2.66. The van der Waals surface area contributed by atoms with Gasteiger partial charge in [-0.3, -0.25) is 4.79 Å². The van der Waals surface area contributed by atoms with Gasteiger partial charge >= 0.3 is 0 Å². The molecule has 0 atom stereocenters. The molecule has 0 aliphatic carbocycles. The zero-order chi connectivity index (χ0) is 9.68. The Morgan fingerprint density at radius 1 is 1.69 bits per heavy atom. The minimum absolute atomic E-state index is 0.291. The standard InChI is InChI=1S/C9H9N3O/c10-6-8-2-1-4-12(7-8)5-3-9(11)13/h1-2,4,7H,3,5H2,(H-,11,13)/p+1. The lowest BCUT2D eigenvalue weighted by molar-refractivity contribution is -0.695. The van der Waals surface area contributed by atoms with Gasteiger partial charge in [0.15, 0.2) is 18.9 Å². The second-order valence-corrected chi connectivity index (χ2v) is 2.66. The molecule has 13 heavy (non-hydrogen) atoms. The topological polar surface area (TPSA) is 70.8 Å². The average molecular weight is 176 g/mol. The molecule has 0 spiro atoms. The van der Waals surface area contributed by atoms with Crippen molar-refractivity contribution in [1.82, 2.24) is 0 Å². The van der Waals surface area contributed by atoms with Crippen LogP contribution in [0, 0.1) is 11.3 Å². The number of amides is 1. The number of carbonyl (C=O) groups excluding carboxylic acids is 1. The number of hydrogen-bond acceptors (Lipinski definition) is 2. The van der Waals surface area contributed by atoms with Crippen molar-refractivity contribution >= 4 is 5.91 Å². The van der Waals surface area contributed by atoms with Crippen molar-refractivity contribution in [2.75, 3.05) is 0 Å². The normalized spacial score (nSPS) is 9.15. The predicted molar refractivity (Wildman–Crippen MR) is 45.2 cm³/mol. The maximum absolute atomic E-state index is 10.5. The van der Waals surface area contributed by atoms with Gasteiger partial charge in [-0.15, -0.1) is 0 Å². The Balaban J connectivity index is 2.68. The minimum atomic E-state index is -0.338. The number of aromatic nitrogens is 1. The average Bonchev–Trinajstić information content (AvgIpc) is 2.15. The van der Waals surface area contributed by atoms with Crippen LogP contribution in [0.4, 0.5) is 0 Å². The number of primary amides is 1. The minimum Gasteiger partial charge on any atom is -0.369 e. The van der Waals surface area contributed by atoms with Crippen molar-refractivity contribution in [3.63, 3.8) is 0 Å². The second kappa shape index (κ2) is 4.21. The molecule has 0 saturated heterocycles. The van der Waals surface area contributed by atoms with E-state index in [0.29, 0.717) is 18.5 Å². The third kappa shape index (κ3) is 2.91. The van der Waals surface area contributed by atoms with E-state index in [0.717, 1.165) is 0 Å². The van der Waals surface area contributed by atoms with Gasteiger partial charge in [0.05, 0.1) is 6.42 Å². The number of hydrogen-bond donors (Lipinski definition) is 1. The van der Waals surface area contributed by atoms with Crippen molar-refractivity contribution in [3.05, 3.63) is 30.1 Å². The van der Waals surface area contributed by atoms with Crippen LogP contribution in [0.3, 0.4) is 0 Å². The fourth-order valence-corrected chi connectivity index (χ4v) is 0.966. The summed E-state index contributed by atoms with van der Waals surface area (Å²) in [5.74, 6) is -0.338. The molecule has 66 valence electrons. The highest BCUT2D eigenvalue weighted by Gasteiger charge is 2.03. The van der Waals surface area contributed by atoms with Gasteiger partial charge in [-0.1, -0.05) is 0 Å². The van der Waals surface area contributed by atoms with Crippen LogP contribution in [0.25, 0.3) is 0 Å². The van der Waals surface area contributed by atoms with Crippen LogP contribution in [0.5, 0.6) is 0 Å². The number of nitrogens with two attached hydrogens (primary N) is 1. The summed E-state index contributed by atoms with van der Waals surface area (Å²) >= 11 is 0. The van der Waals surface area contributed by atoms with Gasteiger partial charge in [0.1, 0.15) is 11.6 Å². The molecule has 1 aromatic heterocycles. The summed E-state index contributed by atoms with van der Waals surface area (Å²) in [6.07, 6.45) is 3.77. The molecule has 4 nitrogen and oxygen atoms in total. The summed E-state index contributed by atoms with van der Waals surface area (Å²) in [6.45, 7) is 0.519. The first kappa shape index (κ1) is 9.20. The van der Waals surface area contributed by atoms with Gasteiger partial charge in [-0.05, 0) is 6.07 Å². The summed E-state index contributed by atoms with van der Waals surface area (Å²) in [7, 11) is 0. The summed E-state index contributed by atoms with van der Waals surface area (Å²) in [5.41, 5.74) is 5.57. The SMILES string of the molecule is N#Cc1ccc[n+](CCC(N)=O)c1. The largest absolute Gasteiger partial charge is 0.369 e. The molecular weight excluding hydrogens is 166 g/mol. The Kier molecular flexibility index (Phi) is 2.98. The van der Waals surface area contributed by atoms with E-state index in [4.69, 9.17) is 11.0 Å². The van der Waals surface area contributed by atoms with E-state index in [-0.39, 0.29) is 5.91 Å². The maximum Gasteiger partial charge on any atom is 0.223 e. The van der Waals surface area contributed by atoms with E-state index in [9.17, 15) is 4.79 Å². The number of aryl methyl sites for hydroxylation is 1. The predicted octanol–water partition coefficient (Wildman–Crippen LogP) is -0.279. The number of rotatable bonds is 3. The van der Waals surface area contributed by atoms with Crippen LogP contribution in [0.1, 0.15) is 12.0 Å². The highest BCUT2D eigenvalue weighted by atomic mass is 16.1. The van der Waals surface area contributed by atoms with E-state index in [2.05, 4.69) is 0 Å². The Morgan fingerprint density at radius 2 is 2.46 bits per heavy atom. The van der Waals surface area contributed by atoms with Crippen molar-refractivity contribution in [2.45, 2.75) is 13.0 Å². The van der Waals surface area contributed by atoms with Crippen LogP contribution in [-0.2, 0) is 11.3 Å². The zero-order valence-corrected chi connectivity index (χ0v) is 7.10. The molecule has 0 aliphatic rings. The highest BCUT2D eigenvalue weighted by molar-refractivity contribution is 5.73. The van der Waals surface area contributed by atoms with E-state index in [1.54, 1.807) is 29.1 Å². The molecule has 0 aromatic carbocycles. The van der Waals surface area contributed by atoms with Crippen molar-refractivity contribution in [3.8, 4) is 6.07 Å². The quantitative estimate of drug-likeness (QED) is 0.643. The molecule has 0 aliphatic heterocycles. The van der Waals surface area contributed by atoms with Crippen LogP contribution >= 0.6 is 0 Å². The Labute approximate surface area is 76.2 Å². The summed E-state index contributed by atoms with van der Waals surface area (Å²) < 4.78 is 1.77. The van der Waals surface area contributed by atoms with Crippen molar-refractivity contribution in [1.29, 1.82) is 5.26 Å². The third-order valence-electron chi connectivity index (χ3n) is 1.60. The van der Waals surface area contributed by atoms with Crippen LogP contribution in [-0.4, -0.2) is 5.91 Å². The lowest BCUT2D eigenvalue weighted by Crippen LogP contribution is -2.35. The fourth-order valence-electron chi connectivity index (χ4n) is 0.966. The first-order valence-corrected chi connectivity index (χ1v) is 3.90. The fraction of sp³-hybridized carbons (Fsp3) is 0.222. The monoisotopic (exact) mass is 176 g/mol. The van der Waals surface area contributed by atoms with Gasteiger partial charge in [-0.2, -0.15) is 5.26 Å². The van der Waals surface area contributed by atoms with Crippen LogP contribution < -0.4 is 10.3 Å². The maximum atomic E-state index is 10.5. The first-order valence-electron chi connectivity index (χ1n) is 3.90. The molecule has 1 heterocycles. The molecule has 1 amide bonds. The van der Waals surface area contributed by atoms with Gasteiger partial charge in [0.25, 0.3) is 0 Å². The van der Waals surface area contributed by atoms with Crippen LogP contribution in [0.15, 0.2) is 24.5 Å². The molecule has 1 aromatic rings. The summed E-state index contributed by atoms with van der Waals surface area (Å²) in [6, 6.07) is 5.49. The van der Waals surface area contributed by atoms with Gasteiger partial charge in [0.2, 0.25) is 5.91 Å².